The molecule has 1 aromatic heterocycles. The zero-order valence-corrected chi connectivity index (χ0v) is 13.3. The molecular weight excluding hydrogens is 318 g/mol. The first kappa shape index (κ1) is 14.9. The van der Waals surface area contributed by atoms with Crippen molar-refractivity contribution in [2.24, 2.45) is 0 Å². The quantitative estimate of drug-likeness (QED) is 0.912. The van der Waals surface area contributed by atoms with Gasteiger partial charge in [0.1, 0.15) is 0 Å². The van der Waals surface area contributed by atoms with Crippen LogP contribution in [0.2, 0.25) is 0 Å². The first-order valence-electron chi connectivity index (χ1n) is 6.54. The van der Waals surface area contributed by atoms with Gasteiger partial charge in [0.2, 0.25) is 0 Å². The fourth-order valence-electron chi connectivity index (χ4n) is 1.97. The fraction of sp³-hybridized carbons (Fsp3) is 0.333. The van der Waals surface area contributed by atoms with E-state index in [1.165, 1.54) is 5.56 Å². The van der Waals surface area contributed by atoms with E-state index < -0.39 is 0 Å². The van der Waals surface area contributed by atoms with E-state index in [9.17, 15) is 0 Å². The summed E-state index contributed by atoms with van der Waals surface area (Å²) < 4.78 is 1.03. The van der Waals surface area contributed by atoms with Crippen molar-refractivity contribution in [2.75, 3.05) is 25.1 Å². The highest BCUT2D eigenvalue weighted by Gasteiger charge is 2.07. The van der Waals surface area contributed by atoms with Gasteiger partial charge in [0.25, 0.3) is 0 Å². The van der Waals surface area contributed by atoms with Gasteiger partial charge in [-0.2, -0.15) is 0 Å². The number of rotatable bonds is 5. The van der Waals surface area contributed by atoms with Gasteiger partial charge in [-0.1, -0.05) is 22.0 Å². The third-order valence-electron chi connectivity index (χ3n) is 3.17. The molecule has 0 fully saturated rings. The number of hydrogen-bond donors (Lipinski definition) is 1. The van der Waals surface area contributed by atoms with Crippen molar-refractivity contribution in [2.45, 2.75) is 13.3 Å². The van der Waals surface area contributed by atoms with E-state index in [1.54, 1.807) is 0 Å². The van der Waals surface area contributed by atoms with Crippen LogP contribution in [0.1, 0.15) is 12.0 Å². The maximum Gasteiger partial charge on any atom is 0.151 e. The van der Waals surface area contributed by atoms with E-state index in [2.05, 4.69) is 45.2 Å². The predicted octanol–water partition coefficient (Wildman–Crippen LogP) is 3.03. The van der Waals surface area contributed by atoms with Crippen molar-refractivity contribution in [1.82, 2.24) is 10.2 Å². The minimum atomic E-state index is 0.188. The molecule has 2 aromatic rings. The molecule has 0 saturated heterocycles. The third kappa shape index (κ3) is 3.55. The smallest absolute Gasteiger partial charge is 0.151 e. The number of aliphatic hydroxyl groups excluding tert-OH is 1. The lowest BCUT2D eigenvalue weighted by atomic mass is 10.1. The topological polar surface area (TPSA) is 49.2 Å². The summed E-state index contributed by atoms with van der Waals surface area (Å²) in [5, 5.41) is 17.4. The van der Waals surface area contributed by atoms with Crippen molar-refractivity contribution < 1.29 is 5.11 Å². The van der Waals surface area contributed by atoms with Crippen LogP contribution in [0.4, 0.5) is 5.82 Å². The van der Waals surface area contributed by atoms with Crippen LogP contribution >= 0.6 is 15.9 Å². The maximum atomic E-state index is 8.84. The largest absolute Gasteiger partial charge is 0.396 e. The number of aliphatic hydroxyl groups is 1. The number of anilines is 1. The van der Waals surface area contributed by atoms with Crippen molar-refractivity contribution in [3.63, 3.8) is 0 Å². The molecule has 0 spiro atoms. The normalized spacial score (nSPS) is 10.6. The van der Waals surface area contributed by atoms with Crippen molar-refractivity contribution in [3.8, 4) is 11.3 Å². The number of halogens is 1. The molecule has 0 amide bonds. The number of aryl methyl sites for hydroxylation is 1. The van der Waals surface area contributed by atoms with Crippen molar-refractivity contribution in [3.05, 3.63) is 40.4 Å². The standard InChI is InChI=1S/C15H18BrN3O/c1-11-4-5-12(16)10-13(11)14-6-7-15(18-17-14)19(2)8-3-9-20/h4-7,10,20H,3,8-9H2,1-2H3. The van der Waals surface area contributed by atoms with Crippen LogP contribution in [0, 0.1) is 6.92 Å². The molecule has 4 nitrogen and oxygen atoms in total. The van der Waals surface area contributed by atoms with E-state index in [-0.39, 0.29) is 6.61 Å². The first-order chi connectivity index (χ1) is 9.61. The highest BCUT2D eigenvalue weighted by Crippen LogP contribution is 2.25. The lowest BCUT2D eigenvalue weighted by Crippen LogP contribution is -2.20. The van der Waals surface area contributed by atoms with Crippen LogP contribution in [0.5, 0.6) is 0 Å². The molecule has 0 radical (unpaired) electrons. The molecule has 0 atom stereocenters. The minimum absolute atomic E-state index is 0.188. The lowest BCUT2D eigenvalue weighted by Gasteiger charge is -2.17. The Morgan fingerprint density at radius 1 is 1.20 bits per heavy atom. The van der Waals surface area contributed by atoms with E-state index in [4.69, 9.17) is 5.11 Å². The highest BCUT2D eigenvalue weighted by molar-refractivity contribution is 9.10. The Labute approximate surface area is 127 Å². The number of hydrogen-bond acceptors (Lipinski definition) is 4. The maximum absolute atomic E-state index is 8.84. The van der Waals surface area contributed by atoms with E-state index in [0.717, 1.165) is 34.5 Å². The van der Waals surface area contributed by atoms with Gasteiger partial charge in [0.15, 0.2) is 5.82 Å². The Morgan fingerprint density at radius 3 is 2.65 bits per heavy atom. The Morgan fingerprint density at radius 2 is 2.00 bits per heavy atom. The summed E-state index contributed by atoms with van der Waals surface area (Å²) >= 11 is 3.48. The number of benzene rings is 1. The predicted molar refractivity (Wildman–Crippen MR) is 84.9 cm³/mol. The Kier molecular flexibility index (Phi) is 5.09. The van der Waals surface area contributed by atoms with E-state index in [1.807, 2.05) is 30.1 Å². The summed E-state index contributed by atoms with van der Waals surface area (Å²) in [7, 11) is 1.95. The molecule has 1 heterocycles. The van der Waals surface area contributed by atoms with Gasteiger partial charge >= 0.3 is 0 Å². The Balaban J connectivity index is 2.21. The van der Waals surface area contributed by atoms with Crippen LogP contribution in [0.15, 0.2) is 34.8 Å². The molecule has 106 valence electrons. The monoisotopic (exact) mass is 335 g/mol. The summed E-state index contributed by atoms with van der Waals surface area (Å²) in [5.74, 6) is 0.815. The van der Waals surface area contributed by atoms with Gasteiger partial charge in [-0.05, 0) is 43.2 Å². The molecule has 20 heavy (non-hydrogen) atoms. The molecule has 5 heteroatoms. The molecule has 1 aromatic carbocycles. The molecule has 0 unspecified atom stereocenters. The van der Waals surface area contributed by atoms with Crippen LogP contribution < -0.4 is 4.90 Å². The Bertz CT molecular complexity index is 572. The summed E-state index contributed by atoms with van der Waals surface area (Å²) in [4.78, 5) is 1.99. The molecule has 0 aliphatic carbocycles. The second-order valence-corrected chi connectivity index (χ2v) is 5.65. The van der Waals surface area contributed by atoms with Gasteiger partial charge in [0.05, 0.1) is 5.69 Å². The summed E-state index contributed by atoms with van der Waals surface area (Å²) in [5.41, 5.74) is 3.11. The zero-order chi connectivity index (χ0) is 14.5. The Hall–Kier alpha value is -1.46. The average Bonchev–Trinajstić information content (AvgIpc) is 2.47. The van der Waals surface area contributed by atoms with E-state index in [0.29, 0.717) is 0 Å². The number of aromatic nitrogens is 2. The second kappa shape index (κ2) is 6.81. The van der Waals surface area contributed by atoms with Crippen LogP contribution in [0.25, 0.3) is 11.3 Å². The summed E-state index contributed by atoms with van der Waals surface area (Å²) in [6, 6.07) is 10.1. The molecule has 0 aliphatic heterocycles. The van der Waals surface area contributed by atoms with Crippen molar-refractivity contribution >= 4 is 21.7 Å². The fourth-order valence-corrected chi connectivity index (χ4v) is 2.33. The van der Waals surface area contributed by atoms with Crippen molar-refractivity contribution in [1.29, 1.82) is 0 Å². The molecule has 0 bridgehead atoms. The minimum Gasteiger partial charge on any atom is -0.396 e. The molecular formula is C15H18BrN3O. The SMILES string of the molecule is Cc1ccc(Br)cc1-c1ccc(N(C)CCCO)nn1. The lowest BCUT2D eigenvalue weighted by molar-refractivity contribution is 0.290. The molecule has 2 rings (SSSR count). The van der Waals surface area contributed by atoms with Gasteiger partial charge in [0, 0.05) is 30.2 Å². The molecule has 1 N–H and O–H groups in total. The van der Waals surface area contributed by atoms with Gasteiger partial charge in [-0.15, -0.1) is 10.2 Å². The van der Waals surface area contributed by atoms with Gasteiger partial charge < -0.3 is 10.0 Å². The van der Waals surface area contributed by atoms with Crippen LogP contribution in [0.3, 0.4) is 0 Å². The van der Waals surface area contributed by atoms with Crippen LogP contribution in [-0.2, 0) is 0 Å². The first-order valence-corrected chi connectivity index (χ1v) is 7.33. The summed E-state index contributed by atoms with van der Waals surface area (Å²) in [6.45, 7) is 3.01. The third-order valence-corrected chi connectivity index (χ3v) is 3.66. The highest BCUT2D eigenvalue weighted by atomic mass is 79.9. The van der Waals surface area contributed by atoms with E-state index >= 15 is 0 Å². The van der Waals surface area contributed by atoms with Gasteiger partial charge in [-0.25, -0.2) is 0 Å². The average molecular weight is 336 g/mol. The van der Waals surface area contributed by atoms with Gasteiger partial charge in [-0.3, -0.25) is 0 Å². The zero-order valence-electron chi connectivity index (χ0n) is 11.7. The number of nitrogens with zero attached hydrogens (tertiary/aromatic N) is 3. The molecule has 0 aliphatic rings. The summed E-state index contributed by atoms with van der Waals surface area (Å²) in [6.07, 6.45) is 0.727. The second-order valence-electron chi connectivity index (χ2n) is 4.73. The molecule has 0 saturated carbocycles. The van der Waals surface area contributed by atoms with Crippen LogP contribution in [-0.4, -0.2) is 35.5 Å².